The van der Waals surface area contributed by atoms with Crippen LogP contribution in [0.2, 0.25) is 0 Å². The van der Waals surface area contributed by atoms with Gasteiger partial charge in [0.15, 0.2) is 0 Å². The second-order valence-corrected chi connectivity index (χ2v) is 3.06. The summed E-state index contributed by atoms with van der Waals surface area (Å²) in [5.74, 6) is -0.163. The van der Waals surface area contributed by atoms with Gasteiger partial charge in [-0.1, -0.05) is 0 Å². The molecule has 1 aromatic rings. The van der Waals surface area contributed by atoms with Crippen molar-refractivity contribution in [2.24, 2.45) is 0 Å². The van der Waals surface area contributed by atoms with Gasteiger partial charge in [-0.15, -0.1) is 0 Å². The van der Waals surface area contributed by atoms with Gasteiger partial charge >= 0.3 is 0 Å². The van der Waals surface area contributed by atoms with Crippen molar-refractivity contribution in [3.05, 3.63) is 24.0 Å². The number of ether oxygens (including phenoxy) is 1. The number of hydrogen-bond acceptors (Lipinski definition) is 3. The minimum absolute atomic E-state index is 0.163. The molecule has 14 heavy (non-hydrogen) atoms. The van der Waals surface area contributed by atoms with E-state index in [9.17, 15) is 4.79 Å². The number of pyridine rings is 1. The highest BCUT2D eigenvalue weighted by Crippen LogP contribution is 2.11. The summed E-state index contributed by atoms with van der Waals surface area (Å²) >= 11 is 0. The molecule has 0 aliphatic carbocycles. The predicted molar refractivity (Wildman–Crippen MR) is 54.1 cm³/mol. The third-order valence-electron chi connectivity index (χ3n) is 2.02. The van der Waals surface area contributed by atoms with Gasteiger partial charge in [0.25, 0.3) is 5.91 Å². The van der Waals surface area contributed by atoms with Gasteiger partial charge in [-0.05, 0) is 25.5 Å². The van der Waals surface area contributed by atoms with E-state index in [0.29, 0.717) is 0 Å². The van der Waals surface area contributed by atoms with Crippen LogP contribution < -0.4 is 5.32 Å². The molecule has 4 heteroatoms. The van der Waals surface area contributed by atoms with Crippen molar-refractivity contribution in [3.63, 3.8) is 0 Å². The van der Waals surface area contributed by atoms with Crippen molar-refractivity contribution in [2.45, 2.75) is 20.0 Å². The Morgan fingerprint density at radius 1 is 1.64 bits per heavy atom. The number of nitrogens with zero attached hydrogens (tertiary/aromatic N) is 1. The van der Waals surface area contributed by atoms with Crippen molar-refractivity contribution in [1.29, 1.82) is 0 Å². The zero-order valence-electron chi connectivity index (χ0n) is 8.57. The van der Waals surface area contributed by atoms with Crippen molar-refractivity contribution in [1.82, 2.24) is 4.98 Å². The molecule has 0 aliphatic rings. The number of carbonyl (C=O) groups excluding carboxylic acids is 1. The van der Waals surface area contributed by atoms with E-state index in [0.717, 1.165) is 11.3 Å². The minimum atomic E-state index is -0.449. The van der Waals surface area contributed by atoms with E-state index >= 15 is 0 Å². The Balaban J connectivity index is 2.70. The molecule has 0 radical (unpaired) electrons. The molecule has 1 N–H and O–H groups in total. The van der Waals surface area contributed by atoms with Crippen molar-refractivity contribution < 1.29 is 9.53 Å². The molecular formula is C10H14N2O2. The van der Waals surface area contributed by atoms with Gasteiger partial charge in [0.1, 0.15) is 6.10 Å². The molecule has 0 fully saturated rings. The normalized spacial score (nSPS) is 12.2. The van der Waals surface area contributed by atoms with Gasteiger partial charge in [-0.3, -0.25) is 9.78 Å². The van der Waals surface area contributed by atoms with Gasteiger partial charge in [0.05, 0.1) is 11.9 Å². The van der Waals surface area contributed by atoms with Crippen molar-refractivity contribution in [2.75, 3.05) is 12.4 Å². The summed E-state index contributed by atoms with van der Waals surface area (Å²) in [4.78, 5) is 15.4. The van der Waals surface area contributed by atoms with E-state index < -0.39 is 6.10 Å². The number of methoxy groups -OCH3 is 1. The van der Waals surface area contributed by atoms with E-state index in [4.69, 9.17) is 4.74 Å². The molecule has 1 atom stereocenters. The fraction of sp³-hybridized carbons (Fsp3) is 0.400. The Hall–Kier alpha value is -1.42. The van der Waals surface area contributed by atoms with Crippen molar-refractivity contribution >= 4 is 11.6 Å². The van der Waals surface area contributed by atoms with Crippen LogP contribution in [0.15, 0.2) is 18.5 Å². The first-order chi connectivity index (χ1) is 6.65. The molecule has 4 nitrogen and oxygen atoms in total. The van der Waals surface area contributed by atoms with Crippen LogP contribution in [0, 0.1) is 6.92 Å². The van der Waals surface area contributed by atoms with Crippen LogP contribution in [0.5, 0.6) is 0 Å². The van der Waals surface area contributed by atoms with Gasteiger partial charge in [0, 0.05) is 13.3 Å². The van der Waals surface area contributed by atoms with Crippen LogP contribution in [-0.2, 0) is 9.53 Å². The van der Waals surface area contributed by atoms with E-state index in [1.165, 1.54) is 7.11 Å². The Labute approximate surface area is 83.3 Å². The second kappa shape index (κ2) is 4.72. The lowest BCUT2D eigenvalue weighted by molar-refractivity contribution is -0.124. The summed E-state index contributed by atoms with van der Waals surface area (Å²) in [7, 11) is 1.50. The first-order valence-electron chi connectivity index (χ1n) is 4.39. The maximum Gasteiger partial charge on any atom is 0.253 e. The number of hydrogen-bond donors (Lipinski definition) is 1. The molecule has 0 spiro atoms. The minimum Gasteiger partial charge on any atom is -0.372 e. The molecule has 0 saturated carbocycles. The maximum absolute atomic E-state index is 11.4. The summed E-state index contributed by atoms with van der Waals surface area (Å²) in [5.41, 5.74) is 1.71. The van der Waals surface area contributed by atoms with E-state index in [1.807, 2.05) is 13.0 Å². The summed E-state index contributed by atoms with van der Waals surface area (Å²) < 4.78 is 4.89. The van der Waals surface area contributed by atoms with Crippen LogP contribution >= 0.6 is 0 Å². The zero-order valence-corrected chi connectivity index (χ0v) is 8.57. The molecule has 0 bridgehead atoms. The summed E-state index contributed by atoms with van der Waals surface area (Å²) in [6.07, 6.45) is 2.86. The number of nitrogens with one attached hydrogen (secondary N) is 1. The fourth-order valence-corrected chi connectivity index (χ4v) is 0.936. The van der Waals surface area contributed by atoms with Gasteiger partial charge in [0.2, 0.25) is 0 Å². The third kappa shape index (κ3) is 2.53. The Bertz CT molecular complexity index is 326. The highest BCUT2D eigenvalue weighted by Gasteiger charge is 2.12. The van der Waals surface area contributed by atoms with Gasteiger partial charge < -0.3 is 10.1 Å². The largest absolute Gasteiger partial charge is 0.372 e. The molecule has 1 heterocycles. The molecule has 1 amide bonds. The molecule has 76 valence electrons. The number of rotatable bonds is 3. The predicted octanol–water partition coefficient (Wildman–Crippen LogP) is 1.36. The highest BCUT2D eigenvalue weighted by molar-refractivity contribution is 5.94. The second-order valence-electron chi connectivity index (χ2n) is 3.06. The number of carbonyl (C=O) groups is 1. The fourth-order valence-electron chi connectivity index (χ4n) is 0.936. The highest BCUT2D eigenvalue weighted by atomic mass is 16.5. The smallest absolute Gasteiger partial charge is 0.253 e. The Morgan fingerprint density at radius 2 is 2.36 bits per heavy atom. The molecule has 1 unspecified atom stereocenters. The standard InChI is InChI=1S/C10H14N2O2/c1-7-4-5-11-6-9(7)12-10(13)8(2)14-3/h4-6,8H,1-3H3,(H,12,13). The molecule has 0 saturated heterocycles. The Morgan fingerprint density at radius 3 is 2.93 bits per heavy atom. The average Bonchev–Trinajstić information content (AvgIpc) is 2.20. The van der Waals surface area contributed by atoms with Gasteiger partial charge in [-0.25, -0.2) is 0 Å². The molecular weight excluding hydrogens is 180 g/mol. The summed E-state index contributed by atoms with van der Waals surface area (Å²) in [6, 6.07) is 1.84. The lowest BCUT2D eigenvalue weighted by Gasteiger charge is -2.11. The molecule has 1 aromatic heterocycles. The van der Waals surface area contributed by atoms with E-state index in [1.54, 1.807) is 19.3 Å². The number of amides is 1. The quantitative estimate of drug-likeness (QED) is 0.790. The average molecular weight is 194 g/mol. The van der Waals surface area contributed by atoms with Crippen LogP contribution in [0.3, 0.4) is 0 Å². The van der Waals surface area contributed by atoms with Crippen LogP contribution in [-0.4, -0.2) is 24.1 Å². The monoisotopic (exact) mass is 194 g/mol. The number of anilines is 1. The van der Waals surface area contributed by atoms with E-state index in [-0.39, 0.29) is 5.91 Å². The first-order valence-corrected chi connectivity index (χ1v) is 4.39. The third-order valence-corrected chi connectivity index (χ3v) is 2.02. The summed E-state index contributed by atoms with van der Waals surface area (Å²) in [6.45, 7) is 3.61. The van der Waals surface area contributed by atoms with Crippen LogP contribution in [0.4, 0.5) is 5.69 Å². The zero-order chi connectivity index (χ0) is 10.6. The first kappa shape index (κ1) is 10.7. The van der Waals surface area contributed by atoms with Crippen LogP contribution in [0.1, 0.15) is 12.5 Å². The van der Waals surface area contributed by atoms with Crippen LogP contribution in [0.25, 0.3) is 0 Å². The van der Waals surface area contributed by atoms with Crippen molar-refractivity contribution in [3.8, 4) is 0 Å². The van der Waals surface area contributed by atoms with Gasteiger partial charge in [-0.2, -0.15) is 0 Å². The summed E-state index contributed by atoms with van der Waals surface area (Å²) in [5, 5.41) is 2.73. The molecule has 0 aromatic carbocycles. The molecule has 1 rings (SSSR count). The number of aryl methyl sites for hydroxylation is 1. The topological polar surface area (TPSA) is 51.2 Å². The SMILES string of the molecule is COC(C)C(=O)Nc1cnccc1C. The van der Waals surface area contributed by atoms with E-state index in [2.05, 4.69) is 10.3 Å². The number of aromatic nitrogens is 1. The molecule has 0 aliphatic heterocycles. The lowest BCUT2D eigenvalue weighted by atomic mass is 10.2. The Kier molecular flexibility index (Phi) is 3.59. The maximum atomic E-state index is 11.4. The lowest BCUT2D eigenvalue weighted by Crippen LogP contribution is -2.26.